The van der Waals surface area contributed by atoms with Gasteiger partial charge in [-0.1, -0.05) is 36.4 Å². The first-order chi connectivity index (χ1) is 9.81. The van der Waals surface area contributed by atoms with Gasteiger partial charge in [-0.25, -0.2) is 0 Å². The lowest BCUT2D eigenvalue weighted by Crippen LogP contribution is -2.28. The van der Waals surface area contributed by atoms with Crippen molar-refractivity contribution in [3.63, 3.8) is 0 Å². The number of fused-ring (bicyclic) bond motifs is 1. The molecule has 3 nitrogen and oxygen atoms in total. The van der Waals surface area contributed by atoms with E-state index in [2.05, 4.69) is 53.1 Å². The van der Waals surface area contributed by atoms with Gasteiger partial charge in [-0.05, 0) is 35.2 Å². The first-order valence-electron chi connectivity index (χ1n) is 7.29. The van der Waals surface area contributed by atoms with Crippen molar-refractivity contribution in [2.24, 2.45) is 0 Å². The molecular weight excluding hydrogens is 248 g/mol. The number of benzene rings is 2. The molecule has 2 aromatic carbocycles. The van der Waals surface area contributed by atoms with Crippen LogP contribution in [0.1, 0.15) is 24.8 Å². The Balaban J connectivity index is 1.45. The number of hydrogen-bond donors (Lipinski definition) is 2. The van der Waals surface area contributed by atoms with Crippen LogP contribution in [0, 0.1) is 0 Å². The van der Waals surface area contributed by atoms with Crippen molar-refractivity contribution in [3.8, 4) is 0 Å². The Labute approximate surface area is 119 Å². The number of carbonyl (C=O) groups excluding carboxylic acids is 1. The Morgan fingerprint density at radius 3 is 2.70 bits per heavy atom. The van der Waals surface area contributed by atoms with Crippen LogP contribution < -0.4 is 10.6 Å². The highest BCUT2D eigenvalue weighted by atomic mass is 16.1. The third kappa shape index (κ3) is 3.58. The van der Waals surface area contributed by atoms with Crippen LogP contribution in [0.2, 0.25) is 0 Å². The second kappa shape index (κ2) is 6.06. The molecule has 1 aliphatic rings. The van der Waals surface area contributed by atoms with Crippen molar-refractivity contribution in [3.05, 3.63) is 48.0 Å². The van der Waals surface area contributed by atoms with Crippen LogP contribution in [0.3, 0.4) is 0 Å². The molecule has 0 aromatic heterocycles. The lowest BCUT2D eigenvalue weighted by molar-refractivity contribution is -0.121. The molecule has 0 radical (unpaired) electrons. The topological polar surface area (TPSA) is 41.1 Å². The Hall–Kier alpha value is -1.87. The molecule has 20 heavy (non-hydrogen) atoms. The molecule has 3 heteroatoms. The van der Waals surface area contributed by atoms with E-state index in [1.807, 2.05) is 0 Å². The first-order valence-corrected chi connectivity index (χ1v) is 7.29. The SMILES string of the molecule is O=C(CCNCc1ccc2ccccc2c1)NC1CC1. The van der Waals surface area contributed by atoms with Crippen molar-refractivity contribution in [2.75, 3.05) is 6.54 Å². The van der Waals surface area contributed by atoms with E-state index in [4.69, 9.17) is 0 Å². The Bertz CT molecular complexity index is 605. The van der Waals surface area contributed by atoms with E-state index in [-0.39, 0.29) is 5.91 Å². The molecule has 3 rings (SSSR count). The second-order valence-corrected chi connectivity index (χ2v) is 5.45. The molecule has 0 atom stereocenters. The maximum Gasteiger partial charge on any atom is 0.221 e. The van der Waals surface area contributed by atoms with E-state index in [0.717, 1.165) is 25.9 Å². The third-order valence-electron chi connectivity index (χ3n) is 3.61. The van der Waals surface area contributed by atoms with Gasteiger partial charge in [-0.15, -0.1) is 0 Å². The van der Waals surface area contributed by atoms with Gasteiger partial charge in [0.1, 0.15) is 0 Å². The molecule has 0 saturated heterocycles. The minimum absolute atomic E-state index is 0.165. The summed E-state index contributed by atoms with van der Waals surface area (Å²) in [6.45, 7) is 1.53. The molecular formula is C17H20N2O. The maximum absolute atomic E-state index is 11.5. The zero-order valence-electron chi connectivity index (χ0n) is 11.6. The third-order valence-corrected chi connectivity index (χ3v) is 3.61. The average molecular weight is 268 g/mol. The smallest absolute Gasteiger partial charge is 0.221 e. The van der Waals surface area contributed by atoms with Crippen LogP contribution in [-0.4, -0.2) is 18.5 Å². The van der Waals surface area contributed by atoms with Gasteiger partial charge >= 0.3 is 0 Å². The zero-order valence-corrected chi connectivity index (χ0v) is 11.6. The van der Waals surface area contributed by atoms with Gasteiger partial charge in [0, 0.05) is 25.6 Å². The fraction of sp³-hybridized carbons (Fsp3) is 0.353. The summed E-state index contributed by atoms with van der Waals surface area (Å²) in [7, 11) is 0. The second-order valence-electron chi connectivity index (χ2n) is 5.45. The number of hydrogen-bond acceptors (Lipinski definition) is 2. The molecule has 0 heterocycles. The van der Waals surface area contributed by atoms with Gasteiger partial charge in [0.25, 0.3) is 0 Å². The van der Waals surface area contributed by atoms with Crippen molar-refractivity contribution in [1.29, 1.82) is 0 Å². The minimum atomic E-state index is 0.165. The molecule has 104 valence electrons. The van der Waals surface area contributed by atoms with E-state index in [1.165, 1.54) is 16.3 Å². The highest BCUT2D eigenvalue weighted by Gasteiger charge is 2.22. The molecule has 1 aliphatic carbocycles. The van der Waals surface area contributed by atoms with Crippen LogP contribution in [-0.2, 0) is 11.3 Å². The van der Waals surface area contributed by atoms with Crippen molar-refractivity contribution in [1.82, 2.24) is 10.6 Å². The molecule has 0 aliphatic heterocycles. The Morgan fingerprint density at radius 1 is 1.10 bits per heavy atom. The van der Waals surface area contributed by atoms with E-state index < -0.39 is 0 Å². The molecule has 2 N–H and O–H groups in total. The highest BCUT2D eigenvalue weighted by Crippen LogP contribution is 2.18. The van der Waals surface area contributed by atoms with Gasteiger partial charge in [-0.2, -0.15) is 0 Å². The normalized spacial score (nSPS) is 14.4. The summed E-state index contributed by atoms with van der Waals surface area (Å²) < 4.78 is 0. The van der Waals surface area contributed by atoms with Gasteiger partial charge in [-0.3, -0.25) is 4.79 Å². The lowest BCUT2D eigenvalue weighted by Gasteiger charge is -2.07. The van der Waals surface area contributed by atoms with E-state index >= 15 is 0 Å². The van der Waals surface area contributed by atoms with Gasteiger partial charge in [0.2, 0.25) is 5.91 Å². The predicted octanol–water partition coefficient (Wildman–Crippen LogP) is 2.60. The zero-order chi connectivity index (χ0) is 13.8. The summed E-state index contributed by atoms with van der Waals surface area (Å²) in [5, 5.41) is 8.85. The molecule has 1 amide bonds. The molecule has 1 fully saturated rings. The molecule has 0 bridgehead atoms. The molecule has 2 aromatic rings. The van der Waals surface area contributed by atoms with Gasteiger partial charge in [0.15, 0.2) is 0 Å². The van der Waals surface area contributed by atoms with Crippen LogP contribution in [0.15, 0.2) is 42.5 Å². The number of rotatable bonds is 6. The summed E-state index contributed by atoms with van der Waals surface area (Å²) in [6.07, 6.45) is 2.86. The largest absolute Gasteiger partial charge is 0.353 e. The van der Waals surface area contributed by atoms with Crippen molar-refractivity contribution >= 4 is 16.7 Å². The minimum Gasteiger partial charge on any atom is -0.353 e. The monoisotopic (exact) mass is 268 g/mol. The molecule has 0 unspecified atom stereocenters. The summed E-state index contributed by atoms with van der Waals surface area (Å²) >= 11 is 0. The van der Waals surface area contributed by atoms with Crippen LogP contribution in [0.4, 0.5) is 0 Å². The molecule has 1 saturated carbocycles. The van der Waals surface area contributed by atoms with E-state index in [1.54, 1.807) is 0 Å². The van der Waals surface area contributed by atoms with Gasteiger partial charge < -0.3 is 10.6 Å². The number of amides is 1. The highest BCUT2D eigenvalue weighted by molar-refractivity contribution is 5.83. The summed E-state index contributed by atoms with van der Waals surface area (Å²) in [6, 6.07) is 15.3. The Morgan fingerprint density at radius 2 is 1.90 bits per heavy atom. The standard InChI is InChI=1S/C17H20N2O/c20-17(19-16-7-8-16)9-10-18-12-13-5-6-14-3-1-2-4-15(14)11-13/h1-6,11,16,18H,7-10,12H2,(H,19,20). The summed E-state index contributed by atoms with van der Waals surface area (Å²) in [4.78, 5) is 11.5. The van der Waals surface area contributed by atoms with Crippen LogP contribution >= 0.6 is 0 Å². The quantitative estimate of drug-likeness (QED) is 0.791. The van der Waals surface area contributed by atoms with Crippen LogP contribution in [0.25, 0.3) is 10.8 Å². The lowest BCUT2D eigenvalue weighted by atomic mass is 10.1. The van der Waals surface area contributed by atoms with Crippen molar-refractivity contribution in [2.45, 2.75) is 31.8 Å². The average Bonchev–Trinajstić information content (AvgIpc) is 3.27. The van der Waals surface area contributed by atoms with Crippen LogP contribution in [0.5, 0.6) is 0 Å². The number of carbonyl (C=O) groups is 1. The fourth-order valence-electron chi connectivity index (χ4n) is 2.31. The molecule has 0 spiro atoms. The van der Waals surface area contributed by atoms with E-state index in [0.29, 0.717) is 12.5 Å². The first kappa shape index (κ1) is 13.1. The maximum atomic E-state index is 11.5. The summed E-state index contributed by atoms with van der Waals surface area (Å²) in [5.41, 5.74) is 1.26. The fourth-order valence-corrected chi connectivity index (χ4v) is 2.31. The Kier molecular flexibility index (Phi) is 3.97. The number of nitrogens with one attached hydrogen (secondary N) is 2. The van der Waals surface area contributed by atoms with Gasteiger partial charge in [0.05, 0.1) is 0 Å². The van der Waals surface area contributed by atoms with E-state index in [9.17, 15) is 4.79 Å². The predicted molar refractivity (Wildman–Crippen MR) is 81.4 cm³/mol. The summed E-state index contributed by atoms with van der Waals surface area (Å²) in [5.74, 6) is 0.165. The van der Waals surface area contributed by atoms with Crippen molar-refractivity contribution < 1.29 is 4.79 Å².